The van der Waals surface area contributed by atoms with Gasteiger partial charge in [-0.15, -0.1) is 0 Å². The molecule has 2 fully saturated rings. The zero-order valence-corrected chi connectivity index (χ0v) is 11.9. The molecule has 0 bridgehead atoms. The first-order valence-corrected chi connectivity index (χ1v) is 7.26. The largest absolute Gasteiger partial charge is 0.391 e. The Labute approximate surface area is 124 Å². The van der Waals surface area contributed by atoms with Gasteiger partial charge in [-0.2, -0.15) is 26.3 Å². The monoisotopic (exact) mass is 332 g/mol. The molecular formula is C13H18F6N2O. The van der Waals surface area contributed by atoms with Crippen LogP contribution in [-0.2, 0) is 0 Å². The Bertz CT molecular complexity index is 356. The van der Waals surface area contributed by atoms with Gasteiger partial charge in [-0.3, -0.25) is 0 Å². The number of carbonyl (C=O) groups is 1. The first kappa shape index (κ1) is 17.2. The third-order valence-electron chi connectivity index (χ3n) is 4.46. The second-order valence-electron chi connectivity index (χ2n) is 5.89. The van der Waals surface area contributed by atoms with E-state index in [9.17, 15) is 31.1 Å². The Morgan fingerprint density at radius 1 is 0.682 bits per heavy atom. The summed E-state index contributed by atoms with van der Waals surface area (Å²) in [7, 11) is 0. The number of urea groups is 1. The van der Waals surface area contributed by atoms with Gasteiger partial charge in [0, 0.05) is 26.2 Å². The summed E-state index contributed by atoms with van der Waals surface area (Å²) in [5, 5.41) is 0. The predicted molar refractivity (Wildman–Crippen MR) is 66.1 cm³/mol. The van der Waals surface area contributed by atoms with Crippen LogP contribution < -0.4 is 0 Å². The highest BCUT2D eigenvalue weighted by atomic mass is 19.4. The average Bonchev–Trinajstić information content (AvgIpc) is 2.45. The van der Waals surface area contributed by atoms with E-state index in [4.69, 9.17) is 0 Å². The number of nitrogens with zero attached hydrogens (tertiary/aromatic N) is 2. The number of alkyl halides is 6. The molecule has 2 heterocycles. The van der Waals surface area contributed by atoms with Crippen molar-refractivity contribution in [3.8, 4) is 0 Å². The number of rotatable bonds is 0. The Kier molecular flexibility index (Phi) is 4.81. The van der Waals surface area contributed by atoms with Gasteiger partial charge in [0.05, 0.1) is 11.8 Å². The van der Waals surface area contributed by atoms with Crippen LogP contribution in [0.3, 0.4) is 0 Å². The van der Waals surface area contributed by atoms with Gasteiger partial charge in [0.1, 0.15) is 0 Å². The summed E-state index contributed by atoms with van der Waals surface area (Å²) in [5.41, 5.74) is 0. The van der Waals surface area contributed by atoms with Crippen LogP contribution in [0.1, 0.15) is 25.7 Å². The van der Waals surface area contributed by atoms with Crippen LogP contribution in [0.5, 0.6) is 0 Å². The van der Waals surface area contributed by atoms with Crippen molar-refractivity contribution in [3.05, 3.63) is 0 Å². The molecule has 0 radical (unpaired) electrons. The van der Waals surface area contributed by atoms with Crippen LogP contribution in [0.25, 0.3) is 0 Å². The lowest BCUT2D eigenvalue weighted by molar-refractivity contribution is -0.185. The third kappa shape index (κ3) is 3.98. The maximum Gasteiger partial charge on any atom is 0.391 e. The molecule has 0 atom stereocenters. The average molecular weight is 332 g/mol. The zero-order valence-electron chi connectivity index (χ0n) is 11.9. The van der Waals surface area contributed by atoms with E-state index in [-0.39, 0.29) is 51.9 Å². The quantitative estimate of drug-likeness (QED) is 0.621. The van der Waals surface area contributed by atoms with E-state index in [0.29, 0.717) is 0 Å². The topological polar surface area (TPSA) is 23.6 Å². The van der Waals surface area contributed by atoms with Crippen LogP contribution in [0.15, 0.2) is 0 Å². The summed E-state index contributed by atoms with van der Waals surface area (Å²) in [5.74, 6) is -2.79. The van der Waals surface area contributed by atoms with E-state index in [1.54, 1.807) is 0 Å². The third-order valence-corrected chi connectivity index (χ3v) is 4.46. The summed E-state index contributed by atoms with van der Waals surface area (Å²) < 4.78 is 75.4. The normalized spacial score (nSPS) is 23.0. The Balaban J connectivity index is 1.82. The molecule has 128 valence electrons. The zero-order chi connectivity index (χ0) is 16.5. The number of amides is 2. The molecule has 9 heteroatoms. The highest BCUT2D eigenvalue weighted by Gasteiger charge is 2.44. The number of hydrogen-bond acceptors (Lipinski definition) is 1. The minimum Gasteiger partial charge on any atom is -0.325 e. The number of hydrogen-bond donors (Lipinski definition) is 0. The van der Waals surface area contributed by atoms with Crippen molar-refractivity contribution in [1.29, 1.82) is 0 Å². The molecule has 0 aromatic heterocycles. The van der Waals surface area contributed by atoms with Gasteiger partial charge in [-0.05, 0) is 25.7 Å². The van der Waals surface area contributed by atoms with Gasteiger partial charge in [0.2, 0.25) is 0 Å². The molecule has 2 rings (SSSR count). The van der Waals surface area contributed by atoms with Gasteiger partial charge in [0.25, 0.3) is 0 Å². The van der Waals surface area contributed by atoms with Crippen molar-refractivity contribution in [1.82, 2.24) is 9.80 Å². The minimum absolute atomic E-state index is 0.00219. The van der Waals surface area contributed by atoms with E-state index >= 15 is 0 Å². The molecule has 2 amide bonds. The van der Waals surface area contributed by atoms with E-state index < -0.39 is 30.2 Å². The Hall–Kier alpha value is -1.15. The number of piperidine rings is 2. The molecular weight excluding hydrogens is 314 g/mol. The van der Waals surface area contributed by atoms with Crippen LogP contribution in [-0.4, -0.2) is 54.4 Å². The van der Waals surface area contributed by atoms with E-state index in [0.717, 1.165) is 0 Å². The van der Waals surface area contributed by atoms with Crippen molar-refractivity contribution in [2.24, 2.45) is 11.8 Å². The lowest BCUT2D eigenvalue weighted by Crippen LogP contribution is -2.51. The first-order valence-electron chi connectivity index (χ1n) is 7.26. The minimum atomic E-state index is -4.25. The van der Waals surface area contributed by atoms with Crippen LogP contribution >= 0.6 is 0 Å². The highest BCUT2D eigenvalue weighted by molar-refractivity contribution is 5.74. The van der Waals surface area contributed by atoms with Gasteiger partial charge in [-0.25, -0.2) is 4.79 Å². The molecule has 2 aliphatic rings. The lowest BCUT2D eigenvalue weighted by atomic mass is 9.95. The molecule has 0 spiro atoms. The van der Waals surface area contributed by atoms with E-state index in [1.807, 2.05) is 0 Å². The van der Waals surface area contributed by atoms with E-state index in [2.05, 4.69) is 0 Å². The number of halogens is 6. The molecule has 0 saturated carbocycles. The smallest absolute Gasteiger partial charge is 0.325 e. The van der Waals surface area contributed by atoms with Gasteiger partial charge in [0.15, 0.2) is 0 Å². The fourth-order valence-corrected chi connectivity index (χ4v) is 3.00. The molecule has 3 nitrogen and oxygen atoms in total. The van der Waals surface area contributed by atoms with Gasteiger partial charge in [-0.1, -0.05) is 0 Å². The van der Waals surface area contributed by atoms with Gasteiger partial charge < -0.3 is 9.80 Å². The predicted octanol–water partition coefficient (Wildman–Crippen LogP) is 3.66. The fourth-order valence-electron chi connectivity index (χ4n) is 3.00. The molecule has 0 N–H and O–H groups in total. The molecule has 0 aliphatic carbocycles. The van der Waals surface area contributed by atoms with Crippen molar-refractivity contribution < 1.29 is 31.1 Å². The van der Waals surface area contributed by atoms with Crippen LogP contribution in [0.4, 0.5) is 31.1 Å². The molecule has 0 aromatic rings. The summed E-state index contributed by atoms with van der Waals surface area (Å²) in [4.78, 5) is 14.8. The summed E-state index contributed by atoms with van der Waals surface area (Å²) in [6.07, 6.45) is -9.08. The number of carbonyl (C=O) groups excluding carboxylic acids is 1. The Morgan fingerprint density at radius 3 is 1.18 bits per heavy atom. The SMILES string of the molecule is O=C(N1CCC(C(F)(F)F)CC1)N1CCC(C(F)(F)F)CC1. The maximum absolute atomic E-state index is 12.6. The second-order valence-corrected chi connectivity index (χ2v) is 5.89. The lowest BCUT2D eigenvalue weighted by Gasteiger charge is -2.39. The fraction of sp³-hybridized carbons (Fsp3) is 0.923. The number of likely N-dealkylation sites (tertiary alicyclic amines) is 2. The Morgan fingerprint density at radius 2 is 0.955 bits per heavy atom. The molecule has 0 aromatic carbocycles. The summed E-state index contributed by atoms with van der Waals surface area (Å²) in [6.45, 7) is 0.00877. The van der Waals surface area contributed by atoms with Crippen LogP contribution in [0.2, 0.25) is 0 Å². The summed E-state index contributed by atoms with van der Waals surface area (Å²) in [6, 6.07) is -0.443. The van der Waals surface area contributed by atoms with E-state index in [1.165, 1.54) is 9.80 Å². The van der Waals surface area contributed by atoms with Crippen molar-refractivity contribution >= 4 is 6.03 Å². The standard InChI is InChI=1S/C13H18F6N2O/c14-12(15,16)9-1-5-20(6-2-9)11(22)21-7-3-10(4-8-21)13(17,18)19/h9-10H,1-8H2. The molecule has 2 saturated heterocycles. The first-order chi connectivity index (χ1) is 10.1. The summed E-state index contributed by atoms with van der Waals surface area (Å²) >= 11 is 0. The van der Waals surface area contributed by atoms with Crippen molar-refractivity contribution in [2.75, 3.05) is 26.2 Å². The van der Waals surface area contributed by atoms with Crippen molar-refractivity contribution in [3.63, 3.8) is 0 Å². The molecule has 22 heavy (non-hydrogen) atoms. The second kappa shape index (κ2) is 6.16. The van der Waals surface area contributed by atoms with Gasteiger partial charge >= 0.3 is 18.4 Å². The maximum atomic E-state index is 12.6. The van der Waals surface area contributed by atoms with Crippen LogP contribution in [0, 0.1) is 11.8 Å². The highest BCUT2D eigenvalue weighted by Crippen LogP contribution is 2.36. The molecule has 2 aliphatic heterocycles. The molecule has 0 unspecified atom stereocenters. The van der Waals surface area contributed by atoms with Crippen molar-refractivity contribution in [2.45, 2.75) is 38.0 Å².